The lowest BCUT2D eigenvalue weighted by atomic mass is 10.3. The van der Waals surface area contributed by atoms with Crippen LogP contribution < -0.4 is 15.8 Å². The maximum Gasteiger partial charge on any atom is 0.292 e. The van der Waals surface area contributed by atoms with Crippen LogP contribution in [0.3, 0.4) is 0 Å². The second-order valence-corrected chi connectivity index (χ2v) is 7.42. The fraction of sp³-hybridized carbons (Fsp3) is 0.294. The number of rotatable bonds is 5. The molecule has 1 aromatic heterocycles. The molecule has 0 spiro atoms. The number of benzene rings is 1. The molecule has 0 saturated heterocycles. The lowest BCUT2D eigenvalue weighted by molar-refractivity contribution is -0.117. The number of thioether (sulfide) groups is 2. The first-order valence-corrected chi connectivity index (χ1v) is 10.2. The van der Waals surface area contributed by atoms with E-state index in [1.807, 2.05) is 31.4 Å². The molecule has 136 valence electrons. The summed E-state index contributed by atoms with van der Waals surface area (Å²) in [5, 5.41) is 6.85. The second-order valence-electron chi connectivity index (χ2n) is 5.53. The molecule has 0 aliphatic carbocycles. The van der Waals surface area contributed by atoms with Crippen molar-refractivity contribution in [2.75, 3.05) is 28.8 Å². The Morgan fingerprint density at radius 3 is 2.92 bits per heavy atom. The van der Waals surface area contributed by atoms with Crippen LogP contribution in [0.4, 0.5) is 11.4 Å². The lowest BCUT2D eigenvalue weighted by Crippen LogP contribution is -2.42. The zero-order chi connectivity index (χ0) is 18.7. The van der Waals surface area contributed by atoms with E-state index in [2.05, 4.69) is 10.4 Å². The molecule has 0 fully saturated rings. The van der Waals surface area contributed by atoms with E-state index in [4.69, 9.17) is 0 Å². The summed E-state index contributed by atoms with van der Waals surface area (Å²) in [6.45, 7) is 2.00. The van der Waals surface area contributed by atoms with E-state index in [0.29, 0.717) is 22.8 Å². The summed E-state index contributed by atoms with van der Waals surface area (Å²) in [4.78, 5) is 40.2. The Balaban J connectivity index is 1.82. The van der Waals surface area contributed by atoms with E-state index in [1.165, 1.54) is 22.9 Å². The van der Waals surface area contributed by atoms with Gasteiger partial charge in [0, 0.05) is 17.1 Å². The Bertz CT molecular complexity index is 913. The summed E-state index contributed by atoms with van der Waals surface area (Å²) in [5.74, 6) is -0.174. The van der Waals surface area contributed by atoms with E-state index in [9.17, 15) is 14.4 Å². The van der Waals surface area contributed by atoms with E-state index >= 15 is 0 Å². The zero-order valence-electron chi connectivity index (χ0n) is 14.4. The molecule has 2 amide bonds. The number of carbonyl (C=O) groups is 2. The molecule has 0 saturated carbocycles. The summed E-state index contributed by atoms with van der Waals surface area (Å²) in [6.07, 6.45) is 3.49. The van der Waals surface area contributed by atoms with Crippen LogP contribution in [0.1, 0.15) is 6.92 Å². The minimum Gasteiger partial charge on any atom is -0.324 e. The summed E-state index contributed by atoms with van der Waals surface area (Å²) in [6, 6.07) is 7.45. The van der Waals surface area contributed by atoms with E-state index in [0.717, 1.165) is 9.58 Å². The van der Waals surface area contributed by atoms with Crippen LogP contribution in [0.2, 0.25) is 0 Å². The van der Waals surface area contributed by atoms with E-state index < -0.39 is 5.56 Å². The molecule has 0 radical (unpaired) electrons. The molecular weight excluding hydrogens is 372 g/mol. The molecular formula is C17H18N4O3S2. The third-order valence-electron chi connectivity index (χ3n) is 3.87. The molecule has 1 N–H and O–H groups in total. The Hall–Kier alpha value is -2.26. The monoisotopic (exact) mass is 390 g/mol. The smallest absolute Gasteiger partial charge is 0.292 e. The van der Waals surface area contributed by atoms with Crippen LogP contribution in [-0.2, 0) is 16.1 Å². The van der Waals surface area contributed by atoms with Crippen molar-refractivity contribution in [3.05, 3.63) is 40.8 Å². The van der Waals surface area contributed by atoms with Crippen LogP contribution >= 0.6 is 23.5 Å². The molecule has 7 nitrogen and oxygen atoms in total. The van der Waals surface area contributed by atoms with Gasteiger partial charge in [-0.15, -0.1) is 23.5 Å². The van der Waals surface area contributed by atoms with Gasteiger partial charge in [0.1, 0.15) is 12.2 Å². The Kier molecular flexibility index (Phi) is 5.67. The highest BCUT2D eigenvalue weighted by Crippen LogP contribution is 2.31. The molecule has 0 bridgehead atoms. The minimum atomic E-state index is -0.432. The average Bonchev–Trinajstić information content (AvgIpc) is 2.64. The minimum absolute atomic E-state index is 0.113. The second kappa shape index (κ2) is 7.96. The molecule has 26 heavy (non-hydrogen) atoms. The van der Waals surface area contributed by atoms with Gasteiger partial charge in [0.15, 0.2) is 0 Å². The summed E-state index contributed by atoms with van der Waals surface area (Å²) >= 11 is 2.87. The van der Waals surface area contributed by atoms with Crippen LogP contribution in [0.25, 0.3) is 0 Å². The number of fused-ring (bicyclic) bond motifs is 1. The zero-order valence-corrected chi connectivity index (χ0v) is 16.0. The predicted octanol–water partition coefficient (Wildman–Crippen LogP) is 2.06. The highest BCUT2D eigenvalue weighted by Gasteiger charge is 2.28. The number of carbonyl (C=O) groups excluding carboxylic acids is 2. The summed E-state index contributed by atoms with van der Waals surface area (Å²) in [7, 11) is 0. The lowest BCUT2D eigenvalue weighted by Gasteiger charge is -2.26. The Morgan fingerprint density at radius 2 is 2.19 bits per heavy atom. The predicted molar refractivity (Wildman–Crippen MR) is 104 cm³/mol. The number of anilines is 2. The van der Waals surface area contributed by atoms with Crippen molar-refractivity contribution >= 4 is 46.7 Å². The first-order chi connectivity index (χ1) is 12.5. The summed E-state index contributed by atoms with van der Waals surface area (Å²) < 4.78 is 1.09. The van der Waals surface area contributed by atoms with Gasteiger partial charge in [-0.05, 0) is 31.4 Å². The first kappa shape index (κ1) is 18.5. The fourth-order valence-corrected chi connectivity index (χ4v) is 3.99. The van der Waals surface area contributed by atoms with Crippen LogP contribution in [0, 0.1) is 0 Å². The van der Waals surface area contributed by atoms with Crippen molar-refractivity contribution in [3.8, 4) is 0 Å². The molecule has 1 aliphatic heterocycles. The molecule has 0 unspecified atom stereocenters. The topological polar surface area (TPSA) is 84.3 Å². The van der Waals surface area contributed by atoms with Gasteiger partial charge in [0.25, 0.3) is 5.56 Å². The Morgan fingerprint density at radius 1 is 1.38 bits per heavy atom. The normalized spacial score (nSPS) is 13.5. The maximum absolute atomic E-state index is 12.7. The van der Waals surface area contributed by atoms with Crippen LogP contribution in [0.5, 0.6) is 0 Å². The quantitative estimate of drug-likeness (QED) is 0.787. The number of hydrogen-bond donors (Lipinski definition) is 1. The molecule has 1 aliphatic rings. The number of amides is 2. The van der Waals surface area contributed by atoms with Gasteiger partial charge in [-0.2, -0.15) is 5.10 Å². The van der Waals surface area contributed by atoms with Gasteiger partial charge in [-0.1, -0.05) is 6.07 Å². The van der Waals surface area contributed by atoms with Gasteiger partial charge in [-0.25, -0.2) is 4.68 Å². The number of hydrogen-bond acceptors (Lipinski definition) is 6. The molecule has 3 rings (SSSR count). The molecule has 2 heterocycles. The third-order valence-corrected chi connectivity index (χ3v) is 5.60. The largest absolute Gasteiger partial charge is 0.324 e. The fourth-order valence-electron chi connectivity index (χ4n) is 2.64. The van der Waals surface area contributed by atoms with Crippen molar-refractivity contribution in [1.82, 2.24) is 9.78 Å². The Labute approximate surface area is 159 Å². The van der Waals surface area contributed by atoms with Crippen molar-refractivity contribution in [2.45, 2.75) is 23.3 Å². The molecule has 2 aromatic rings. The average molecular weight is 390 g/mol. The van der Waals surface area contributed by atoms with Gasteiger partial charge in [0.2, 0.25) is 11.8 Å². The van der Waals surface area contributed by atoms with Crippen molar-refractivity contribution in [2.24, 2.45) is 0 Å². The number of nitrogens with zero attached hydrogens (tertiary/aromatic N) is 3. The molecule has 1 aromatic carbocycles. The van der Waals surface area contributed by atoms with Crippen molar-refractivity contribution < 1.29 is 9.59 Å². The van der Waals surface area contributed by atoms with Gasteiger partial charge >= 0.3 is 0 Å². The summed E-state index contributed by atoms with van der Waals surface area (Å²) in [5.41, 5.74) is 0.535. The number of aromatic nitrogens is 2. The van der Waals surface area contributed by atoms with E-state index in [-0.39, 0.29) is 24.1 Å². The highest BCUT2D eigenvalue weighted by atomic mass is 32.2. The highest BCUT2D eigenvalue weighted by molar-refractivity contribution is 8.00. The molecule has 9 heteroatoms. The SMILES string of the molecule is CCN1C(=O)CSc2cnn(CC(=O)Nc3cccc(SC)c3)c(=O)c21. The van der Waals surface area contributed by atoms with Crippen LogP contribution in [-0.4, -0.2) is 40.1 Å². The maximum atomic E-state index is 12.7. The molecule has 0 atom stereocenters. The van der Waals surface area contributed by atoms with Gasteiger partial charge < -0.3 is 10.2 Å². The van der Waals surface area contributed by atoms with Gasteiger partial charge in [-0.3, -0.25) is 14.4 Å². The van der Waals surface area contributed by atoms with Crippen molar-refractivity contribution in [1.29, 1.82) is 0 Å². The first-order valence-electron chi connectivity index (χ1n) is 8.00. The standard InChI is InChI=1S/C17H18N4O3S2/c1-3-20-15(23)10-26-13-8-18-21(17(24)16(13)20)9-14(22)19-11-5-4-6-12(7-11)25-2/h4-8H,3,9-10H2,1-2H3,(H,19,22). The number of nitrogens with one attached hydrogen (secondary N) is 1. The van der Waals surface area contributed by atoms with Crippen LogP contribution in [0.15, 0.2) is 45.0 Å². The van der Waals surface area contributed by atoms with Crippen molar-refractivity contribution in [3.63, 3.8) is 0 Å². The third kappa shape index (κ3) is 3.78. The van der Waals surface area contributed by atoms with E-state index in [1.54, 1.807) is 17.8 Å². The van der Waals surface area contributed by atoms with Gasteiger partial charge in [0.05, 0.1) is 16.8 Å².